The highest BCUT2D eigenvalue weighted by Gasteiger charge is 2.14. The highest BCUT2D eigenvalue weighted by molar-refractivity contribution is 9.10. The molecule has 0 radical (unpaired) electrons. The van der Waals surface area contributed by atoms with Gasteiger partial charge < -0.3 is 10.5 Å². The van der Waals surface area contributed by atoms with Gasteiger partial charge in [0, 0.05) is 10.5 Å². The lowest BCUT2D eigenvalue weighted by atomic mass is 10.2. The third-order valence-corrected chi connectivity index (χ3v) is 3.38. The summed E-state index contributed by atoms with van der Waals surface area (Å²) in [4.78, 5) is 10.2. The Hall–Kier alpha value is -2.12. The van der Waals surface area contributed by atoms with Gasteiger partial charge in [-0.25, -0.2) is 0 Å². The standard InChI is InChI=1S/C13H9BrClN3O3/c14-7-1-4-11(9(5-7)13(16)17)21-12-6-8(18(19)20)2-3-10(12)15/h1-6H,(H3,16,17). The van der Waals surface area contributed by atoms with E-state index in [-0.39, 0.29) is 28.0 Å². The maximum atomic E-state index is 10.8. The molecule has 0 unspecified atom stereocenters. The topological polar surface area (TPSA) is 102 Å². The zero-order valence-electron chi connectivity index (χ0n) is 10.5. The molecular formula is C13H9BrClN3O3. The zero-order valence-corrected chi connectivity index (χ0v) is 12.8. The van der Waals surface area contributed by atoms with E-state index in [9.17, 15) is 10.1 Å². The Labute approximate surface area is 133 Å². The predicted octanol–water partition coefficient (Wildman–Crippen LogP) is 4.09. The smallest absolute Gasteiger partial charge is 0.273 e. The van der Waals surface area contributed by atoms with Gasteiger partial charge in [-0.2, -0.15) is 0 Å². The molecule has 21 heavy (non-hydrogen) atoms. The average molecular weight is 371 g/mol. The van der Waals surface area contributed by atoms with Crippen molar-refractivity contribution in [2.24, 2.45) is 5.73 Å². The van der Waals surface area contributed by atoms with Crippen LogP contribution in [0.2, 0.25) is 5.02 Å². The number of nitrogens with zero attached hydrogens (tertiary/aromatic N) is 1. The molecule has 2 aromatic rings. The number of hydrogen-bond acceptors (Lipinski definition) is 4. The van der Waals surface area contributed by atoms with Gasteiger partial charge in [-0.15, -0.1) is 0 Å². The molecular weight excluding hydrogens is 362 g/mol. The zero-order chi connectivity index (χ0) is 15.6. The number of nitrogens with one attached hydrogen (secondary N) is 1. The molecule has 6 nitrogen and oxygen atoms in total. The first-order chi connectivity index (χ1) is 9.88. The van der Waals surface area contributed by atoms with Crippen LogP contribution in [0.5, 0.6) is 11.5 Å². The Balaban J connectivity index is 2.45. The van der Waals surface area contributed by atoms with Crippen LogP contribution < -0.4 is 10.5 Å². The lowest BCUT2D eigenvalue weighted by molar-refractivity contribution is -0.384. The van der Waals surface area contributed by atoms with Crippen LogP contribution in [0.1, 0.15) is 5.56 Å². The van der Waals surface area contributed by atoms with Crippen LogP contribution >= 0.6 is 27.5 Å². The molecule has 0 bridgehead atoms. The molecule has 2 rings (SSSR count). The maximum absolute atomic E-state index is 10.8. The van der Waals surface area contributed by atoms with Crippen molar-refractivity contribution in [2.75, 3.05) is 0 Å². The molecule has 8 heteroatoms. The van der Waals surface area contributed by atoms with Crippen LogP contribution in [-0.4, -0.2) is 10.8 Å². The van der Waals surface area contributed by atoms with E-state index < -0.39 is 4.92 Å². The van der Waals surface area contributed by atoms with E-state index in [4.69, 9.17) is 27.5 Å². The van der Waals surface area contributed by atoms with E-state index in [1.165, 1.54) is 18.2 Å². The Morgan fingerprint density at radius 1 is 1.29 bits per heavy atom. The third-order valence-electron chi connectivity index (χ3n) is 2.58. The number of amidine groups is 1. The fraction of sp³-hybridized carbons (Fsp3) is 0. The van der Waals surface area contributed by atoms with E-state index in [0.29, 0.717) is 5.56 Å². The average Bonchev–Trinajstić information content (AvgIpc) is 2.42. The van der Waals surface area contributed by atoms with Crippen molar-refractivity contribution in [1.29, 1.82) is 5.41 Å². The molecule has 2 aromatic carbocycles. The summed E-state index contributed by atoms with van der Waals surface area (Å²) in [6.07, 6.45) is 0. The van der Waals surface area contributed by atoms with E-state index >= 15 is 0 Å². The molecule has 0 aliphatic carbocycles. The number of benzene rings is 2. The minimum absolute atomic E-state index is 0.121. The number of ether oxygens (including phenoxy) is 1. The molecule has 0 aliphatic rings. The van der Waals surface area contributed by atoms with Gasteiger partial charge in [0.05, 0.1) is 21.6 Å². The van der Waals surface area contributed by atoms with Crippen molar-refractivity contribution in [3.05, 3.63) is 61.6 Å². The first kappa shape index (κ1) is 15.3. The molecule has 0 aromatic heterocycles. The van der Waals surface area contributed by atoms with E-state index in [0.717, 1.165) is 4.47 Å². The normalized spacial score (nSPS) is 10.2. The number of non-ortho nitro benzene ring substituents is 1. The van der Waals surface area contributed by atoms with Crippen LogP contribution in [0, 0.1) is 15.5 Å². The predicted molar refractivity (Wildman–Crippen MR) is 83.3 cm³/mol. The Morgan fingerprint density at radius 3 is 2.62 bits per heavy atom. The molecule has 0 heterocycles. The SMILES string of the molecule is N=C(N)c1cc(Br)ccc1Oc1cc([N+](=O)[O-])ccc1Cl. The molecule has 0 amide bonds. The van der Waals surface area contributed by atoms with E-state index in [2.05, 4.69) is 15.9 Å². The minimum Gasteiger partial charge on any atom is -0.455 e. The van der Waals surface area contributed by atoms with Crippen LogP contribution in [0.4, 0.5) is 5.69 Å². The molecule has 108 valence electrons. The summed E-state index contributed by atoms with van der Waals surface area (Å²) in [6.45, 7) is 0. The molecule has 3 N–H and O–H groups in total. The molecule has 0 spiro atoms. The van der Waals surface area contributed by atoms with Gasteiger partial charge in [0.2, 0.25) is 0 Å². The fourth-order valence-electron chi connectivity index (χ4n) is 1.60. The lowest BCUT2D eigenvalue weighted by Gasteiger charge is -2.11. The summed E-state index contributed by atoms with van der Waals surface area (Å²) >= 11 is 9.24. The van der Waals surface area contributed by atoms with Crippen LogP contribution in [0.15, 0.2) is 40.9 Å². The second-order valence-corrected chi connectivity index (χ2v) is 5.35. The van der Waals surface area contributed by atoms with Crippen LogP contribution in [0.25, 0.3) is 0 Å². The summed E-state index contributed by atoms with van der Waals surface area (Å²) in [6, 6.07) is 8.78. The number of rotatable bonds is 4. The highest BCUT2D eigenvalue weighted by Crippen LogP contribution is 2.34. The van der Waals surface area contributed by atoms with Crippen LogP contribution in [0.3, 0.4) is 0 Å². The number of halogens is 2. The second-order valence-electron chi connectivity index (χ2n) is 4.03. The molecule has 0 atom stereocenters. The van der Waals surface area contributed by atoms with Gasteiger partial charge in [0.1, 0.15) is 11.6 Å². The summed E-state index contributed by atoms with van der Waals surface area (Å²) < 4.78 is 6.30. The van der Waals surface area contributed by atoms with Crippen molar-refractivity contribution in [2.45, 2.75) is 0 Å². The van der Waals surface area contributed by atoms with Crippen molar-refractivity contribution in [3.8, 4) is 11.5 Å². The number of nitrogen functional groups attached to an aromatic ring is 1. The molecule has 0 fully saturated rings. The van der Waals surface area contributed by atoms with Crippen molar-refractivity contribution < 1.29 is 9.66 Å². The van der Waals surface area contributed by atoms with Gasteiger partial charge in [0.25, 0.3) is 5.69 Å². The Morgan fingerprint density at radius 2 is 2.00 bits per heavy atom. The third kappa shape index (κ3) is 3.50. The van der Waals surface area contributed by atoms with Gasteiger partial charge >= 0.3 is 0 Å². The maximum Gasteiger partial charge on any atom is 0.273 e. The summed E-state index contributed by atoms with van der Waals surface area (Å²) in [5, 5.41) is 18.5. The Bertz CT molecular complexity index is 737. The van der Waals surface area contributed by atoms with Crippen molar-refractivity contribution in [3.63, 3.8) is 0 Å². The summed E-state index contributed by atoms with van der Waals surface area (Å²) in [5.74, 6) is 0.219. The van der Waals surface area contributed by atoms with Gasteiger partial charge in [0.15, 0.2) is 5.75 Å². The molecule has 0 saturated carbocycles. The largest absolute Gasteiger partial charge is 0.455 e. The molecule has 0 aliphatic heterocycles. The number of nitrogens with two attached hydrogens (primary N) is 1. The minimum atomic E-state index is -0.545. The highest BCUT2D eigenvalue weighted by atomic mass is 79.9. The van der Waals surface area contributed by atoms with Crippen molar-refractivity contribution in [1.82, 2.24) is 0 Å². The van der Waals surface area contributed by atoms with Gasteiger partial charge in [-0.05, 0) is 24.3 Å². The van der Waals surface area contributed by atoms with Crippen molar-refractivity contribution >= 4 is 39.1 Å². The second kappa shape index (κ2) is 6.11. The molecule has 0 saturated heterocycles. The van der Waals surface area contributed by atoms with Gasteiger partial charge in [-0.1, -0.05) is 27.5 Å². The first-order valence-electron chi connectivity index (χ1n) is 5.64. The van der Waals surface area contributed by atoms with E-state index in [1.54, 1.807) is 18.2 Å². The lowest BCUT2D eigenvalue weighted by Crippen LogP contribution is -2.12. The fourth-order valence-corrected chi connectivity index (χ4v) is 2.12. The number of nitro benzene ring substituents is 1. The quantitative estimate of drug-likeness (QED) is 0.366. The van der Waals surface area contributed by atoms with Crippen LogP contribution in [-0.2, 0) is 0 Å². The monoisotopic (exact) mass is 369 g/mol. The first-order valence-corrected chi connectivity index (χ1v) is 6.81. The summed E-state index contributed by atoms with van der Waals surface area (Å²) in [5.41, 5.74) is 5.71. The van der Waals surface area contributed by atoms with E-state index in [1.807, 2.05) is 0 Å². The number of nitro groups is 1. The number of hydrogen-bond donors (Lipinski definition) is 2. The summed E-state index contributed by atoms with van der Waals surface area (Å²) in [7, 11) is 0. The van der Waals surface area contributed by atoms with Gasteiger partial charge in [-0.3, -0.25) is 15.5 Å². The Kier molecular flexibility index (Phi) is 4.44.